The highest BCUT2D eigenvalue weighted by Crippen LogP contribution is 2.40. The van der Waals surface area contributed by atoms with E-state index in [1.165, 1.54) is 11.8 Å². The Morgan fingerprint density at radius 2 is 1.63 bits per heavy atom. The molecule has 254 valence electrons. The van der Waals surface area contributed by atoms with Crippen molar-refractivity contribution in [3.63, 3.8) is 0 Å². The van der Waals surface area contributed by atoms with Crippen LogP contribution in [-0.4, -0.2) is 57.4 Å². The number of nitrogens with zero attached hydrogens (tertiary/aromatic N) is 4. The molecule has 1 aliphatic heterocycles. The normalized spacial score (nSPS) is 15.3. The lowest BCUT2D eigenvalue weighted by molar-refractivity contribution is -0.202. The molecule has 0 aliphatic carbocycles. The molecule has 5 rings (SSSR count). The summed E-state index contributed by atoms with van der Waals surface area (Å²) in [6, 6.07) is 21.3. The molecule has 1 aromatic heterocycles. The Morgan fingerprint density at radius 3 is 2.29 bits per heavy atom. The molecule has 1 aliphatic rings. The van der Waals surface area contributed by atoms with Crippen molar-refractivity contribution in [2.45, 2.75) is 51.4 Å². The second-order valence-corrected chi connectivity index (χ2v) is 11.4. The molecular weight excluding hydrogens is 643 g/mol. The van der Waals surface area contributed by atoms with Gasteiger partial charge in [0.25, 0.3) is 11.8 Å². The van der Waals surface area contributed by atoms with Crippen LogP contribution < -0.4 is 15.4 Å². The van der Waals surface area contributed by atoms with E-state index in [-0.39, 0.29) is 23.8 Å². The molecule has 3 aromatic carbocycles. The molecule has 0 saturated carbocycles. The van der Waals surface area contributed by atoms with E-state index in [4.69, 9.17) is 10.5 Å². The summed E-state index contributed by atoms with van der Waals surface area (Å²) in [6.45, 7) is 3.44. The lowest BCUT2D eigenvalue weighted by atomic mass is 10.00. The van der Waals surface area contributed by atoms with Gasteiger partial charge in [0.1, 0.15) is 6.04 Å². The van der Waals surface area contributed by atoms with Crippen molar-refractivity contribution in [2.75, 3.05) is 17.2 Å². The number of nitrogen functional groups attached to an aromatic ring is 1. The summed E-state index contributed by atoms with van der Waals surface area (Å²) in [5.74, 6) is -4.95. The van der Waals surface area contributed by atoms with Gasteiger partial charge in [0.05, 0.1) is 24.3 Å². The van der Waals surface area contributed by atoms with Gasteiger partial charge in [-0.05, 0) is 62.1 Å². The summed E-state index contributed by atoms with van der Waals surface area (Å²) in [6.07, 6.45) is -5.21. The quantitative estimate of drug-likeness (QED) is 0.128. The van der Waals surface area contributed by atoms with Gasteiger partial charge in [-0.25, -0.2) is 9.78 Å². The van der Waals surface area contributed by atoms with E-state index in [2.05, 4.69) is 14.7 Å². The van der Waals surface area contributed by atoms with Gasteiger partial charge in [0, 0.05) is 23.5 Å². The van der Waals surface area contributed by atoms with Gasteiger partial charge in [0.15, 0.2) is 0 Å². The van der Waals surface area contributed by atoms with Gasteiger partial charge < -0.3 is 20.1 Å². The fourth-order valence-electron chi connectivity index (χ4n) is 5.59. The second kappa shape index (κ2) is 14.5. The molecule has 0 saturated heterocycles. The monoisotopic (exact) mass is 675 g/mol. The largest absolute Gasteiger partial charge is 0.491 e. The third kappa shape index (κ3) is 8.03. The predicted molar refractivity (Wildman–Crippen MR) is 172 cm³/mol. The van der Waals surface area contributed by atoms with Gasteiger partial charge in [0.2, 0.25) is 11.8 Å². The molecule has 0 spiro atoms. The maximum absolute atomic E-state index is 14.6. The molecule has 0 fully saturated rings. The molecule has 11 nitrogen and oxygen atoms in total. The summed E-state index contributed by atoms with van der Waals surface area (Å²) in [5.41, 5.74) is 8.35. The standard InChI is InChI=1S/C35H32F3N5O6/c1-21-18-28(41-34(39)40-21)48-17-9-10-23-15-16-27-26(20-23)31(45)42(22(2)19-29(44)49-33(47)35(36,37)38)30(24-11-5-3-6-12-24)32(46)43(27)25-13-7-4-8-14-25/h3-8,11-16,18,20,22,30H,9-10,17,19H2,1-2H3,(H2,39,40,41). The lowest BCUT2D eigenvalue weighted by Gasteiger charge is -2.35. The highest BCUT2D eigenvalue weighted by atomic mass is 19.4. The minimum absolute atomic E-state index is 0.0876. The van der Waals surface area contributed by atoms with E-state index in [0.29, 0.717) is 35.7 Å². The third-order valence-corrected chi connectivity index (χ3v) is 7.71. The lowest BCUT2D eigenvalue weighted by Crippen LogP contribution is -2.46. The number of alkyl halides is 3. The molecule has 49 heavy (non-hydrogen) atoms. The van der Waals surface area contributed by atoms with Crippen LogP contribution in [0.3, 0.4) is 0 Å². The number of aromatic nitrogens is 2. The first-order valence-corrected chi connectivity index (χ1v) is 15.3. The summed E-state index contributed by atoms with van der Waals surface area (Å²) < 4.78 is 48.2. The SMILES string of the molecule is Cc1cc(OCCCc2ccc3c(c2)C(=O)N(C(C)CC(=O)OC(=O)C(F)(F)F)C(c2ccccc2)C(=O)N3c2ccccc2)nc(N)n1. The van der Waals surface area contributed by atoms with E-state index in [1.807, 2.05) is 0 Å². The van der Waals surface area contributed by atoms with Crippen molar-refractivity contribution in [3.8, 4) is 5.88 Å². The molecule has 4 aromatic rings. The topological polar surface area (TPSA) is 145 Å². The van der Waals surface area contributed by atoms with Crippen molar-refractivity contribution in [1.29, 1.82) is 0 Å². The molecular formula is C35H32F3N5O6. The number of hydrogen-bond donors (Lipinski definition) is 1. The Bertz CT molecular complexity index is 1840. The average Bonchev–Trinajstić information content (AvgIpc) is 3.14. The fourth-order valence-corrected chi connectivity index (χ4v) is 5.59. The summed E-state index contributed by atoms with van der Waals surface area (Å²) in [7, 11) is 0. The Hall–Kier alpha value is -5.79. The molecule has 2 heterocycles. The van der Waals surface area contributed by atoms with Crippen LogP contribution in [0.2, 0.25) is 0 Å². The molecule has 2 unspecified atom stereocenters. The highest BCUT2D eigenvalue weighted by molar-refractivity contribution is 6.14. The van der Waals surface area contributed by atoms with Crippen LogP contribution in [0, 0.1) is 6.92 Å². The Morgan fingerprint density at radius 1 is 0.959 bits per heavy atom. The molecule has 0 radical (unpaired) electrons. The number of aryl methyl sites for hydroxylation is 2. The predicted octanol–water partition coefficient (Wildman–Crippen LogP) is 5.65. The Kier molecular flexibility index (Phi) is 10.3. The van der Waals surface area contributed by atoms with Crippen molar-refractivity contribution in [1.82, 2.24) is 14.9 Å². The summed E-state index contributed by atoms with van der Waals surface area (Å²) in [5, 5.41) is 0. The summed E-state index contributed by atoms with van der Waals surface area (Å²) >= 11 is 0. The number of anilines is 3. The van der Waals surface area contributed by atoms with Crippen molar-refractivity contribution < 1.29 is 41.8 Å². The van der Waals surface area contributed by atoms with Gasteiger partial charge in [-0.15, -0.1) is 0 Å². The number of hydrogen-bond acceptors (Lipinski definition) is 9. The van der Waals surface area contributed by atoms with Crippen LogP contribution in [0.5, 0.6) is 5.88 Å². The molecule has 2 amide bonds. The van der Waals surface area contributed by atoms with Crippen molar-refractivity contribution in [3.05, 3.63) is 107 Å². The zero-order chi connectivity index (χ0) is 35.3. The fraction of sp³-hybridized carbons (Fsp3) is 0.257. The van der Waals surface area contributed by atoms with Gasteiger partial charge in [-0.1, -0.05) is 54.6 Å². The van der Waals surface area contributed by atoms with E-state index in [0.717, 1.165) is 10.5 Å². The number of fused-ring (bicyclic) bond motifs is 1. The van der Waals surface area contributed by atoms with Gasteiger partial charge in [-0.3, -0.25) is 19.3 Å². The first-order valence-electron chi connectivity index (χ1n) is 15.3. The number of para-hydroxylation sites is 1. The molecule has 2 atom stereocenters. The number of carbonyl (C=O) groups excluding carboxylic acids is 4. The minimum Gasteiger partial charge on any atom is -0.478 e. The van der Waals surface area contributed by atoms with E-state index in [1.54, 1.807) is 91.9 Å². The van der Waals surface area contributed by atoms with Crippen LogP contribution >= 0.6 is 0 Å². The van der Waals surface area contributed by atoms with Gasteiger partial charge >= 0.3 is 18.1 Å². The smallest absolute Gasteiger partial charge is 0.478 e. The number of benzene rings is 3. The average molecular weight is 676 g/mol. The van der Waals surface area contributed by atoms with Crippen LogP contribution in [0.25, 0.3) is 0 Å². The number of ether oxygens (including phenoxy) is 2. The number of halogens is 3. The summed E-state index contributed by atoms with van der Waals surface area (Å²) in [4.78, 5) is 63.8. The Labute approximate surface area is 279 Å². The zero-order valence-electron chi connectivity index (χ0n) is 26.5. The van der Waals surface area contributed by atoms with E-state index < -0.39 is 48.4 Å². The number of amides is 2. The third-order valence-electron chi connectivity index (χ3n) is 7.71. The molecule has 14 heteroatoms. The maximum atomic E-state index is 14.6. The second-order valence-electron chi connectivity index (χ2n) is 11.4. The van der Waals surface area contributed by atoms with Crippen molar-refractivity contribution in [2.24, 2.45) is 0 Å². The van der Waals surface area contributed by atoms with Gasteiger partial charge in [-0.2, -0.15) is 18.2 Å². The number of carbonyl (C=O) groups is 4. The molecule has 0 bridgehead atoms. The maximum Gasteiger partial charge on any atom is 0.491 e. The first kappa shape index (κ1) is 34.5. The zero-order valence-corrected chi connectivity index (χ0v) is 26.5. The Balaban J connectivity index is 1.51. The van der Waals surface area contributed by atoms with Crippen molar-refractivity contribution >= 4 is 41.1 Å². The van der Waals surface area contributed by atoms with E-state index in [9.17, 15) is 32.3 Å². The number of nitrogens with two attached hydrogens (primary N) is 1. The number of esters is 2. The highest BCUT2D eigenvalue weighted by Gasteiger charge is 2.45. The molecule has 2 N–H and O–H groups in total. The minimum atomic E-state index is -5.39. The number of rotatable bonds is 10. The first-order chi connectivity index (χ1) is 23.3. The van der Waals surface area contributed by atoms with Crippen LogP contribution in [0.4, 0.5) is 30.5 Å². The van der Waals surface area contributed by atoms with E-state index >= 15 is 0 Å². The van der Waals surface area contributed by atoms with Crippen LogP contribution in [-0.2, 0) is 25.5 Å². The van der Waals surface area contributed by atoms with Crippen LogP contribution in [0.1, 0.15) is 53.0 Å². The van der Waals surface area contributed by atoms with Crippen LogP contribution in [0.15, 0.2) is 84.9 Å².